The lowest BCUT2D eigenvalue weighted by molar-refractivity contribution is -0.121. The number of nitrogens with one attached hydrogen (secondary N) is 1. The van der Waals surface area contributed by atoms with E-state index in [1.165, 1.54) is 0 Å². The standard InChI is InChI=1S/C17H20N2O2/c1-3-18-16(20)12-19(4-2)17(21)15-10-9-13-7-5-6-8-14(13)11-15/h5-11H,3-4,12H2,1-2H3,(H,18,20). The molecule has 21 heavy (non-hydrogen) atoms. The zero-order valence-corrected chi connectivity index (χ0v) is 12.4. The zero-order chi connectivity index (χ0) is 15.2. The van der Waals surface area contributed by atoms with Crippen LogP contribution in [0.1, 0.15) is 24.2 Å². The molecule has 0 unspecified atom stereocenters. The molecule has 0 aliphatic heterocycles. The third-order valence-corrected chi connectivity index (χ3v) is 3.37. The van der Waals surface area contributed by atoms with E-state index >= 15 is 0 Å². The number of likely N-dealkylation sites (N-methyl/N-ethyl adjacent to an activating group) is 2. The van der Waals surface area contributed by atoms with E-state index < -0.39 is 0 Å². The second-order valence-electron chi connectivity index (χ2n) is 4.83. The number of rotatable bonds is 5. The summed E-state index contributed by atoms with van der Waals surface area (Å²) < 4.78 is 0. The highest BCUT2D eigenvalue weighted by Gasteiger charge is 2.17. The van der Waals surface area contributed by atoms with E-state index in [9.17, 15) is 9.59 Å². The van der Waals surface area contributed by atoms with Crippen molar-refractivity contribution in [2.45, 2.75) is 13.8 Å². The topological polar surface area (TPSA) is 49.4 Å². The normalized spacial score (nSPS) is 10.4. The van der Waals surface area contributed by atoms with E-state index in [-0.39, 0.29) is 18.4 Å². The monoisotopic (exact) mass is 284 g/mol. The van der Waals surface area contributed by atoms with E-state index in [1.54, 1.807) is 4.90 Å². The van der Waals surface area contributed by atoms with Crippen molar-refractivity contribution in [2.75, 3.05) is 19.6 Å². The summed E-state index contributed by atoms with van der Waals surface area (Å²) in [5, 5.41) is 4.84. The summed E-state index contributed by atoms with van der Waals surface area (Å²) >= 11 is 0. The zero-order valence-electron chi connectivity index (χ0n) is 12.4. The molecule has 0 aliphatic carbocycles. The fourth-order valence-electron chi connectivity index (χ4n) is 2.26. The summed E-state index contributed by atoms with van der Waals surface area (Å²) in [4.78, 5) is 25.7. The smallest absolute Gasteiger partial charge is 0.254 e. The number of carbonyl (C=O) groups excluding carboxylic acids is 2. The summed E-state index contributed by atoms with van der Waals surface area (Å²) in [6, 6.07) is 13.5. The summed E-state index contributed by atoms with van der Waals surface area (Å²) in [5.41, 5.74) is 0.611. The molecule has 0 fully saturated rings. The van der Waals surface area contributed by atoms with Gasteiger partial charge in [0.1, 0.15) is 0 Å². The molecule has 0 aliphatic rings. The van der Waals surface area contributed by atoms with Crippen molar-refractivity contribution >= 4 is 22.6 Å². The fourth-order valence-corrected chi connectivity index (χ4v) is 2.26. The van der Waals surface area contributed by atoms with E-state index in [2.05, 4.69) is 5.32 Å². The van der Waals surface area contributed by atoms with Gasteiger partial charge in [-0.3, -0.25) is 9.59 Å². The average Bonchev–Trinajstić information content (AvgIpc) is 2.51. The minimum absolute atomic E-state index is 0.0933. The van der Waals surface area contributed by atoms with Gasteiger partial charge in [0.25, 0.3) is 5.91 Å². The molecule has 110 valence electrons. The van der Waals surface area contributed by atoms with Gasteiger partial charge in [0.2, 0.25) is 5.91 Å². The van der Waals surface area contributed by atoms with Crippen molar-refractivity contribution in [1.82, 2.24) is 10.2 Å². The molecule has 4 heteroatoms. The van der Waals surface area contributed by atoms with E-state index in [0.717, 1.165) is 10.8 Å². The third-order valence-electron chi connectivity index (χ3n) is 3.37. The molecule has 2 rings (SSSR count). The predicted octanol–water partition coefficient (Wildman–Crippen LogP) is 2.44. The molecule has 0 atom stereocenters. The number of hydrogen-bond donors (Lipinski definition) is 1. The molecule has 2 amide bonds. The number of nitrogens with zero attached hydrogens (tertiary/aromatic N) is 1. The van der Waals surface area contributed by atoms with Crippen LogP contribution in [0.2, 0.25) is 0 Å². The first kappa shape index (κ1) is 15.0. The Hall–Kier alpha value is -2.36. The third kappa shape index (κ3) is 3.60. The Morgan fingerprint density at radius 1 is 1.05 bits per heavy atom. The molecule has 0 radical (unpaired) electrons. The van der Waals surface area contributed by atoms with Gasteiger partial charge < -0.3 is 10.2 Å². The predicted molar refractivity (Wildman–Crippen MR) is 84.2 cm³/mol. The highest BCUT2D eigenvalue weighted by Crippen LogP contribution is 2.16. The van der Waals surface area contributed by atoms with Gasteiger partial charge in [-0.25, -0.2) is 0 Å². The van der Waals surface area contributed by atoms with Crippen LogP contribution in [0, 0.1) is 0 Å². The van der Waals surface area contributed by atoms with Crippen molar-refractivity contribution in [3.8, 4) is 0 Å². The summed E-state index contributed by atoms with van der Waals surface area (Å²) in [6.45, 7) is 4.90. The van der Waals surface area contributed by atoms with E-state index in [4.69, 9.17) is 0 Å². The lowest BCUT2D eigenvalue weighted by atomic mass is 10.1. The van der Waals surface area contributed by atoms with Gasteiger partial charge in [0, 0.05) is 18.7 Å². The van der Waals surface area contributed by atoms with Crippen LogP contribution in [-0.2, 0) is 4.79 Å². The Labute approximate surface area is 124 Å². The maximum atomic E-state index is 12.5. The number of amides is 2. The minimum Gasteiger partial charge on any atom is -0.355 e. The van der Waals surface area contributed by atoms with Gasteiger partial charge in [-0.1, -0.05) is 30.3 Å². The molecule has 0 spiro atoms. The molecule has 0 bridgehead atoms. The van der Waals surface area contributed by atoms with Crippen LogP contribution in [0.15, 0.2) is 42.5 Å². The Balaban J connectivity index is 2.20. The molecule has 4 nitrogen and oxygen atoms in total. The Morgan fingerprint density at radius 3 is 2.43 bits per heavy atom. The maximum Gasteiger partial charge on any atom is 0.254 e. The average molecular weight is 284 g/mol. The van der Waals surface area contributed by atoms with Crippen LogP contribution in [0.5, 0.6) is 0 Å². The highest BCUT2D eigenvalue weighted by molar-refractivity contribution is 6.00. The van der Waals surface area contributed by atoms with E-state index in [1.807, 2.05) is 56.3 Å². The fraction of sp³-hybridized carbons (Fsp3) is 0.294. The molecular formula is C17H20N2O2. The molecule has 0 saturated heterocycles. The van der Waals surface area contributed by atoms with Crippen LogP contribution < -0.4 is 5.32 Å². The Kier molecular flexibility index (Phi) is 4.93. The first-order valence-electron chi connectivity index (χ1n) is 7.20. The van der Waals surface area contributed by atoms with Crippen LogP contribution in [0.4, 0.5) is 0 Å². The lowest BCUT2D eigenvalue weighted by Crippen LogP contribution is -2.40. The molecule has 2 aromatic carbocycles. The maximum absolute atomic E-state index is 12.5. The minimum atomic E-state index is -0.131. The summed E-state index contributed by atoms with van der Waals surface area (Å²) in [6.07, 6.45) is 0. The summed E-state index contributed by atoms with van der Waals surface area (Å²) in [5.74, 6) is -0.247. The molecule has 0 saturated carbocycles. The Bertz CT molecular complexity index is 652. The first-order valence-corrected chi connectivity index (χ1v) is 7.20. The van der Waals surface area contributed by atoms with Gasteiger partial charge in [0.05, 0.1) is 6.54 Å². The first-order chi connectivity index (χ1) is 10.2. The number of carbonyl (C=O) groups is 2. The lowest BCUT2D eigenvalue weighted by Gasteiger charge is -2.20. The SMILES string of the molecule is CCNC(=O)CN(CC)C(=O)c1ccc2ccccc2c1. The molecule has 0 aromatic heterocycles. The van der Waals surface area contributed by atoms with Crippen LogP contribution in [-0.4, -0.2) is 36.3 Å². The quantitative estimate of drug-likeness (QED) is 0.916. The van der Waals surface area contributed by atoms with Crippen molar-refractivity contribution < 1.29 is 9.59 Å². The van der Waals surface area contributed by atoms with Gasteiger partial charge >= 0.3 is 0 Å². The second kappa shape index (κ2) is 6.88. The van der Waals surface area contributed by atoms with Crippen LogP contribution in [0.25, 0.3) is 10.8 Å². The summed E-state index contributed by atoms with van der Waals surface area (Å²) in [7, 11) is 0. The van der Waals surface area contributed by atoms with Crippen molar-refractivity contribution in [1.29, 1.82) is 0 Å². The van der Waals surface area contributed by atoms with Crippen LogP contribution >= 0.6 is 0 Å². The highest BCUT2D eigenvalue weighted by atomic mass is 16.2. The van der Waals surface area contributed by atoms with Crippen LogP contribution in [0.3, 0.4) is 0 Å². The van der Waals surface area contributed by atoms with Gasteiger partial charge in [-0.2, -0.15) is 0 Å². The van der Waals surface area contributed by atoms with E-state index in [0.29, 0.717) is 18.7 Å². The van der Waals surface area contributed by atoms with Gasteiger partial charge in [-0.15, -0.1) is 0 Å². The number of benzene rings is 2. The number of hydrogen-bond acceptors (Lipinski definition) is 2. The van der Waals surface area contributed by atoms with Crippen molar-refractivity contribution in [3.05, 3.63) is 48.0 Å². The van der Waals surface area contributed by atoms with Gasteiger partial charge in [-0.05, 0) is 36.8 Å². The molecule has 2 aromatic rings. The Morgan fingerprint density at radius 2 is 1.76 bits per heavy atom. The van der Waals surface area contributed by atoms with Crippen molar-refractivity contribution in [2.24, 2.45) is 0 Å². The molecular weight excluding hydrogens is 264 g/mol. The van der Waals surface area contributed by atoms with Crippen molar-refractivity contribution in [3.63, 3.8) is 0 Å². The molecule has 0 heterocycles. The second-order valence-corrected chi connectivity index (χ2v) is 4.83. The van der Waals surface area contributed by atoms with Gasteiger partial charge in [0.15, 0.2) is 0 Å². The number of fused-ring (bicyclic) bond motifs is 1. The molecule has 1 N–H and O–H groups in total. The largest absolute Gasteiger partial charge is 0.355 e.